The predicted molar refractivity (Wildman–Crippen MR) is 80.7 cm³/mol. The highest BCUT2D eigenvalue weighted by atomic mass is 32.2. The minimum Gasteiger partial charge on any atom is -0.419 e. The molecule has 2 heterocycles. The van der Waals surface area contributed by atoms with Gasteiger partial charge in [0.1, 0.15) is 16.4 Å². The number of anilines is 1. The average molecular weight is 336 g/mol. The summed E-state index contributed by atoms with van der Waals surface area (Å²) in [6.07, 6.45) is 1.90. The molecule has 0 saturated heterocycles. The van der Waals surface area contributed by atoms with Gasteiger partial charge in [0.05, 0.1) is 0 Å². The topological polar surface area (TPSA) is 101 Å². The number of nitrogens with zero attached hydrogens (tertiary/aromatic N) is 2. The Bertz CT molecular complexity index is 916. The lowest BCUT2D eigenvalue weighted by molar-refractivity contribution is 0.511. The van der Waals surface area contributed by atoms with Crippen LogP contribution in [0.4, 0.5) is 10.1 Å². The third-order valence-corrected chi connectivity index (χ3v) is 4.42. The monoisotopic (exact) mass is 336 g/mol. The molecule has 0 spiro atoms. The van der Waals surface area contributed by atoms with Crippen LogP contribution in [-0.4, -0.2) is 23.6 Å². The average Bonchev–Trinajstić information content (AvgIpc) is 3.18. The summed E-state index contributed by atoms with van der Waals surface area (Å²) in [6, 6.07) is 6.41. The fourth-order valence-electron chi connectivity index (χ4n) is 1.89. The van der Waals surface area contributed by atoms with E-state index < -0.39 is 15.8 Å². The van der Waals surface area contributed by atoms with E-state index in [2.05, 4.69) is 19.9 Å². The van der Waals surface area contributed by atoms with Gasteiger partial charge in [0.25, 0.3) is 15.9 Å². The first kappa shape index (κ1) is 15.2. The SMILES string of the molecule is CCc1nnc(-c2cc(S(=O)(=O)Nc3ccc(F)cc3)c[nH]2)o1. The number of H-pyrrole nitrogens is 1. The zero-order valence-electron chi connectivity index (χ0n) is 12.1. The largest absolute Gasteiger partial charge is 0.419 e. The summed E-state index contributed by atoms with van der Waals surface area (Å²) < 4.78 is 45.2. The molecule has 3 rings (SSSR count). The normalized spacial score (nSPS) is 11.6. The van der Waals surface area contributed by atoms with Gasteiger partial charge in [-0.15, -0.1) is 10.2 Å². The Morgan fingerprint density at radius 3 is 2.65 bits per heavy atom. The molecule has 2 N–H and O–H groups in total. The number of aromatic amines is 1. The number of hydrogen-bond donors (Lipinski definition) is 2. The molecule has 0 unspecified atom stereocenters. The quantitative estimate of drug-likeness (QED) is 0.746. The smallest absolute Gasteiger partial charge is 0.264 e. The third-order valence-electron chi connectivity index (χ3n) is 3.06. The van der Waals surface area contributed by atoms with Crippen molar-refractivity contribution in [2.75, 3.05) is 4.72 Å². The summed E-state index contributed by atoms with van der Waals surface area (Å²) in [5, 5.41) is 7.66. The van der Waals surface area contributed by atoms with Gasteiger partial charge in [0, 0.05) is 18.3 Å². The second-order valence-corrected chi connectivity index (χ2v) is 6.40. The van der Waals surface area contributed by atoms with Crippen LogP contribution in [0.15, 0.2) is 45.8 Å². The zero-order chi connectivity index (χ0) is 16.4. The molecular weight excluding hydrogens is 323 g/mol. The first-order valence-corrected chi connectivity index (χ1v) is 8.26. The van der Waals surface area contributed by atoms with Gasteiger partial charge in [-0.1, -0.05) is 6.92 Å². The summed E-state index contributed by atoms with van der Waals surface area (Å²) in [6.45, 7) is 1.87. The van der Waals surface area contributed by atoms with Crippen LogP contribution in [0.2, 0.25) is 0 Å². The van der Waals surface area contributed by atoms with Gasteiger partial charge < -0.3 is 9.40 Å². The maximum Gasteiger partial charge on any atom is 0.264 e. The van der Waals surface area contributed by atoms with Gasteiger partial charge in [0.2, 0.25) is 5.89 Å². The van der Waals surface area contributed by atoms with E-state index in [0.29, 0.717) is 18.0 Å². The molecule has 0 radical (unpaired) electrons. The molecule has 1 aromatic carbocycles. The Balaban J connectivity index is 1.84. The number of hydrogen-bond acceptors (Lipinski definition) is 5. The first-order valence-electron chi connectivity index (χ1n) is 6.77. The molecule has 0 aliphatic rings. The molecule has 7 nitrogen and oxygen atoms in total. The van der Waals surface area contributed by atoms with Crippen molar-refractivity contribution >= 4 is 15.7 Å². The van der Waals surface area contributed by atoms with E-state index in [4.69, 9.17) is 4.42 Å². The highest BCUT2D eigenvalue weighted by Gasteiger charge is 2.19. The molecule has 0 atom stereocenters. The number of halogens is 1. The van der Waals surface area contributed by atoms with Gasteiger partial charge in [-0.2, -0.15) is 0 Å². The zero-order valence-corrected chi connectivity index (χ0v) is 12.9. The van der Waals surface area contributed by atoms with Crippen LogP contribution in [-0.2, 0) is 16.4 Å². The third kappa shape index (κ3) is 3.24. The van der Waals surface area contributed by atoms with Crippen molar-refractivity contribution in [3.8, 4) is 11.6 Å². The van der Waals surface area contributed by atoms with Crippen molar-refractivity contribution in [1.29, 1.82) is 0 Å². The summed E-state index contributed by atoms with van der Waals surface area (Å²) in [7, 11) is -3.81. The maximum absolute atomic E-state index is 12.9. The molecule has 0 saturated carbocycles. The van der Waals surface area contributed by atoms with Crippen LogP contribution >= 0.6 is 0 Å². The van der Waals surface area contributed by atoms with Crippen LogP contribution < -0.4 is 4.72 Å². The fourth-order valence-corrected chi connectivity index (χ4v) is 2.94. The van der Waals surface area contributed by atoms with Crippen molar-refractivity contribution in [3.05, 3.63) is 48.2 Å². The maximum atomic E-state index is 12.9. The number of nitrogens with one attached hydrogen (secondary N) is 2. The van der Waals surface area contributed by atoms with Crippen LogP contribution in [0, 0.1) is 5.82 Å². The standard InChI is InChI=1S/C14H13FN4O3S/c1-2-13-17-18-14(22-13)12-7-11(8-16-12)23(20,21)19-10-5-3-9(15)4-6-10/h3-8,16,19H,2H2,1H3. The van der Waals surface area contributed by atoms with Crippen molar-refractivity contribution < 1.29 is 17.2 Å². The Hall–Kier alpha value is -2.68. The number of benzene rings is 1. The van der Waals surface area contributed by atoms with Gasteiger partial charge in [0.15, 0.2) is 0 Å². The summed E-state index contributed by atoms with van der Waals surface area (Å²) in [5.41, 5.74) is 0.664. The molecule has 120 valence electrons. The van der Waals surface area contributed by atoms with E-state index in [1.165, 1.54) is 36.5 Å². The van der Waals surface area contributed by atoms with Crippen LogP contribution in [0.5, 0.6) is 0 Å². The second kappa shape index (κ2) is 5.84. The van der Waals surface area contributed by atoms with E-state index >= 15 is 0 Å². The van der Waals surface area contributed by atoms with Gasteiger partial charge >= 0.3 is 0 Å². The molecule has 2 aromatic heterocycles. The van der Waals surface area contributed by atoms with E-state index in [1.54, 1.807) is 0 Å². The predicted octanol–water partition coefficient (Wildman–Crippen LogP) is 2.57. The summed E-state index contributed by atoms with van der Waals surface area (Å²) in [4.78, 5) is 2.79. The first-order chi connectivity index (χ1) is 11.0. The van der Waals surface area contributed by atoms with E-state index in [1.807, 2.05) is 6.92 Å². The number of sulfonamides is 1. The van der Waals surface area contributed by atoms with E-state index in [-0.39, 0.29) is 16.5 Å². The lowest BCUT2D eigenvalue weighted by Gasteiger charge is -2.05. The molecule has 0 aliphatic carbocycles. The molecule has 0 fully saturated rings. The highest BCUT2D eigenvalue weighted by Crippen LogP contribution is 2.22. The van der Waals surface area contributed by atoms with E-state index in [0.717, 1.165) is 0 Å². The number of aryl methyl sites for hydroxylation is 1. The van der Waals surface area contributed by atoms with Gasteiger partial charge in [-0.3, -0.25) is 4.72 Å². The van der Waals surface area contributed by atoms with Crippen molar-refractivity contribution in [3.63, 3.8) is 0 Å². The number of aromatic nitrogens is 3. The molecule has 0 aliphatic heterocycles. The van der Waals surface area contributed by atoms with Crippen molar-refractivity contribution in [1.82, 2.24) is 15.2 Å². The van der Waals surface area contributed by atoms with Crippen LogP contribution in [0.1, 0.15) is 12.8 Å². The molecule has 3 aromatic rings. The lowest BCUT2D eigenvalue weighted by atomic mass is 10.3. The second-order valence-electron chi connectivity index (χ2n) is 4.72. The van der Waals surface area contributed by atoms with Crippen LogP contribution in [0.3, 0.4) is 0 Å². The fraction of sp³-hybridized carbons (Fsp3) is 0.143. The Morgan fingerprint density at radius 2 is 2.00 bits per heavy atom. The Kier molecular flexibility index (Phi) is 3.87. The van der Waals surface area contributed by atoms with Crippen molar-refractivity contribution in [2.24, 2.45) is 0 Å². The summed E-state index contributed by atoms with van der Waals surface area (Å²) in [5.74, 6) is 0.230. The Labute approximate surface area is 131 Å². The van der Waals surface area contributed by atoms with Crippen LogP contribution in [0.25, 0.3) is 11.6 Å². The molecule has 0 amide bonds. The minimum absolute atomic E-state index is 0.00748. The molecule has 0 bridgehead atoms. The van der Waals surface area contributed by atoms with Gasteiger partial charge in [-0.05, 0) is 30.3 Å². The van der Waals surface area contributed by atoms with Crippen molar-refractivity contribution in [2.45, 2.75) is 18.2 Å². The Morgan fingerprint density at radius 1 is 1.26 bits per heavy atom. The number of rotatable bonds is 5. The highest BCUT2D eigenvalue weighted by molar-refractivity contribution is 7.92. The minimum atomic E-state index is -3.81. The van der Waals surface area contributed by atoms with Gasteiger partial charge in [-0.25, -0.2) is 12.8 Å². The molecular formula is C14H13FN4O3S. The molecule has 23 heavy (non-hydrogen) atoms. The molecule has 9 heteroatoms. The lowest BCUT2D eigenvalue weighted by Crippen LogP contribution is -2.12. The summed E-state index contributed by atoms with van der Waals surface area (Å²) >= 11 is 0. The van der Waals surface area contributed by atoms with E-state index in [9.17, 15) is 12.8 Å².